The van der Waals surface area contributed by atoms with Gasteiger partial charge in [-0.3, -0.25) is 0 Å². The lowest BCUT2D eigenvalue weighted by atomic mass is 10.1. The summed E-state index contributed by atoms with van der Waals surface area (Å²) in [6.07, 6.45) is 0. The highest BCUT2D eigenvalue weighted by molar-refractivity contribution is 7.03. The van der Waals surface area contributed by atoms with Crippen molar-refractivity contribution in [1.82, 2.24) is 0 Å². The molecule has 25 heavy (non-hydrogen) atoms. The molecule has 0 saturated heterocycles. The van der Waals surface area contributed by atoms with E-state index in [2.05, 4.69) is 85.9 Å². The second-order valence-corrected chi connectivity index (χ2v) is 11.5. The standard InChI is InChI=1S/C23H22OSi/c1-25(2,22-14-6-9-17-8-3-4-11-20(17)22)23-15-7-12-19-18(16-24)10-5-13-21(19)23/h3-15,24H,16H2,1-2H3. The predicted molar refractivity (Wildman–Crippen MR) is 111 cm³/mol. The van der Waals surface area contributed by atoms with Gasteiger partial charge in [-0.15, -0.1) is 0 Å². The van der Waals surface area contributed by atoms with Gasteiger partial charge in [0, 0.05) is 0 Å². The van der Waals surface area contributed by atoms with Gasteiger partial charge < -0.3 is 5.11 Å². The third-order valence-electron chi connectivity index (χ3n) is 5.32. The number of fused-ring (bicyclic) bond motifs is 2. The molecule has 0 radical (unpaired) electrons. The van der Waals surface area contributed by atoms with Gasteiger partial charge in [0.2, 0.25) is 0 Å². The molecule has 4 rings (SSSR count). The van der Waals surface area contributed by atoms with Crippen molar-refractivity contribution < 1.29 is 5.11 Å². The van der Waals surface area contributed by atoms with E-state index < -0.39 is 8.07 Å². The molecule has 0 unspecified atom stereocenters. The minimum absolute atomic E-state index is 0.0804. The van der Waals surface area contributed by atoms with Gasteiger partial charge in [-0.2, -0.15) is 0 Å². The second kappa shape index (κ2) is 6.14. The summed E-state index contributed by atoms with van der Waals surface area (Å²) < 4.78 is 0. The molecule has 0 heterocycles. The van der Waals surface area contributed by atoms with Gasteiger partial charge in [0.25, 0.3) is 0 Å². The van der Waals surface area contributed by atoms with Crippen molar-refractivity contribution in [3.63, 3.8) is 0 Å². The zero-order valence-corrected chi connectivity index (χ0v) is 15.7. The number of benzene rings is 4. The van der Waals surface area contributed by atoms with E-state index in [9.17, 15) is 5.11 Å². The average molecular weight is 343 g/mol. The maximum absolute atomic E-state index is 9.70. The molecule has 4 aromatic carbocycles. The summed E-state index contributed by atoms with van der Waals surface area (Å²) >= 11 is 0. The van der Waals surface area contributed by atoms with Gasteiger partial charge in [-0.25, -0.2) is 0 Å². The average Bonchev–Trinajstić information content (AvgIpc) is 2.66. The molecule has 1 N–H and O–H groups in total. The molecule has 0 aliphatic heterocycles. The molecule has 0 spiro atoms. The largest absolute Gasteiger partial charge is 0.392 e. The van der Waals surface area contributed by atoms with Crippen molar-refractivity contribution in [2.75, 3.05) is 0 Å². The molecular weight excluding hydrogens is 320 g/mol. The van der Waals surface area contributed by atoms with Crippen LogP contribution in [0.25, 0.3) is 21.5 Å². The lowest BCUT2D eigenvalue weighted by Gasteiger charge is -2.27. The Morgan fingerprint density at radius 2 is 1.20 bits per heavy atom. The van der Waals surface area contributed by atoms with Gasteiger partial charge in [-0.1, -0.05) is 92.0 Å². The fourth-order valence-electron chi connectivity index (χ4n) is 3.97. The summed E-state index contributed by atoms with van der Waals surface area (Å²) in [5.41, 5.74) is 1.00. The SMILES string of the molecule is C[Si](C)(c1cccc2ccccc12)c1cccc2c(CO)cccc12. The Morgan fingerprint density at radius 3 is 2.00 bits per heavy atom. The van der Waals surface area contributed by atoms with Crippen LogP contribution in [0, 0.1) is 0 Å². The van der Waals surface area contributed by atoms with Crippen LogP contribution in [-0.4, -0.2) is 13.2 Å². The quantitative estimate of drug-likeness (QED) is 0.550. The Bertz CT molecular complexity index is 1060. The minimum Gasteiger partial charge on any atom is -0.392 e. The van der Waals surface area contributed by atoms with Crippen LogP contribution < -0.4 is 10.4 Å². The van der Waals surface area contributed by atoms with E-state index in [0.29, 0.717) is 0 Å². The summed E-state index contributed by atoms with van der Waals surface area (Å²) in [6, 6.07) is 28.1. The molecule has 0 saturated carbocycles. The second-order valence-electron chi connectivity index (χ2n) is 7.13. The normalized spacial score (nSPS) is 12.0. The highest BCUT2D eigenvalue weighted by atomic mass is 28.3. The molecular formula is C23H22OSi. The fraction of sp³-hybridized carbons (Fsp3) is 0.130. The van der Waals surface area contributed by atoms with Crippen molar-refractivity contribution >= 4 is 40.0 Å². The van der Waals surface area contributed by atoms with Crippen LogP contribution in [0.15, 0.2) is 78.9 Å². The van der Waals surface area contributed by atoms with Gasteiger partial charge in [0.15, 0.2) is 0 Å². The van der Waals surface area contributed by atoms with Crippen LogP contribution >= 0.6 is 0 Å². The number of hydrogen-bond acceptors (Lipinski definition) is 1. The maximum atomic E-state index is 9.70. The highest BCUT2D eigenvalue weighted by Crippen LogP contribution is 2.22. The van der Waals surface area contributed by atoms with Crippen LogP contribution in [0.5, 0.6) is 0 Å². The Hall–Kier alpha value is -2.42. The fourth-order valence-corrected chi connectivity index (χ4v) is 7.08. The van der Waals surface area contributed by atoms with E-state index in [1.165, 1.54) is 31.9 Å². The maximum Gasteiger partial charge on any atom is 0.113 e. The third kappa shape index (κ3) is 2.58. The van der Waals surface area contributed by atoms with Crippen molar-refractivity contribution in [1.29, 1.82) is 0 Å². The smallest absolute Gasteiger partial charge is 0.113 e. The number of rotatable bonds is 3. The predicted octanol–water partition coefficient (Wildman–Crippen LogP) is 4.31. The first-order valence-electron chi connectivity index (χ1n) is 8.73. The Labute approximate surface area is 149 Å². The van der Waals surface area contributed by atoms with E-state index in [4.69, 9.17) is 0 Å². The molecule has 1 nitrogen and oxygen atoms in total. The zero-order chi connectivity index (χ0) is 17.4. The van der Waals surface area contributed by atoms with Crippen LogP contribution in [0.3, 0.4) is 0 Å². The molecule has 0 aliphatic carbocycles. The summed E-state index contributed by atoms with van der Waals surface area (Å²) in [4.78, 5) is 0. The van der Waals surface area contributed by atoms with Crippen LogP contribution in [0.4, 0.5) is 0 Å². The van der Waals surface area contributed by atoms with Gasteiger partial charge in [0.05, 0.1) is 6.61 Å². The molecule has 0 fully saturated rings. The molecule has 0 aromatic heterocycles. The molecule has 0 atom stereocenters. The highest BCUT2D eigenvalue weighted by Gasteiger charge is 2.29. The van der Waals surface area contributed by atoms with E-state index >= 15 is 0 Å². The third-order valence-corrected chi connectivity index (χ3v) is 8.88. The lowest BCUT2D eigenvalue weighted by Crippen LogP contribution is -2.53. The minimum atomic E-state index is -1.90. The number of aliphatic hydroxyl groups excluding tert-OH is 1. The van der Waals surface area contributed by atoms with Gasteiger partial charge in [0.1, 0.15) is 8.07 Å². The van der Waals surface area contributed by atoms with Crippen LogP contribution in [0.2, 0.25) is 13.1 Å². The van der Waals surface area contributed by atoms with E-state index in [-0.39, 0.29) is 6.61 Å². The molecule has 4 aromatic rings. The van der Waals surface area contributed by atoms with Crippen LogP contribution in [0.1, 0.15) is 5.56 Å². The van der Waals surface area contributed by atoms with E-state index in [1.54, 1.807) is 0 Å². The first-order chi connectivity index (χ1) is 12.1. The first kappa shape index (κ1) is 16.1. The molecule has 2 heteroatoms. The summed E-state index contributed by atoms with van der Waals surface area (Å²) in [6.45, 7) is 4.93. The summed E-state index contributed by atoms with van der Waals surface area (Å²) in [5, 5.41) is 17.7. The summed E-state index contributed by atoms with van der Waals surface area (Å²) in [5.74, 6) is 0. The monoisotopic (exact) mass is 342 g/mol. The van der Waals surface area contributed by atoms with Crippen molar-refractivity contribution in [2.45, 2.75) is 19.7 Å². The van der Waals surface area contributed by atoms with E-state index in [1.807, 2.05) is 6.07 Å². The lowest BCUT2D eigenvalue weighted by molar-refractivity contribution is 0.283. The molecule has 124 valence electrons. The molecule has 0 bridgehead atoms. The van der Waals surface area contributed by atoms with Gasteiger partial charge >= 0.3 is 0 Å². The summed E-state index contributed by atoms with van der Waals surface area (Å²) in [7, 11) is -1.90. The topological polar surface area (TPSA) is 20.2 Å². The Balaban J connectivity index is 2.01. The zero-order valence-electron chi connectivity index (χ0n) is 14.7. The van der Waals surface area contributed by atoms with E-state index in [0.717, 1.165) is 5.56 Å². The van der Waals surface area contributed by atoms with Gasteiger partial charge in [-0.05, 0) is 37.5 Å². The Morgan fingerprint density at radius 1 is 0.640 bits per heavy atom. The number of aliphatic hydroxyl groups is 1. The van der Waals surface area contributed by atoms with Crippen LogP contribution in [-0.2, 0) is 6.61 Å². The first-order valence-corrected chi connectivity index (χ1v) is 11.7. The Kier molecular flexibility index (Phi) is 3.95. The van der Waals surface area contributed by atoms with Crippen molar-refractivity contribution in [2.24, 2.45) is 0 Å². The molecule has 0 amide bonds. The van der Waals surface area contributed by atoms with Crippen molar-refractivity contribution in [3.05, 3.63) is 84.4 Å². The van der Waals surface area contributed by atoms with Crippen molar-refractivity contribution in [3.8, 4) is 0 Å². The molecule has 0 aliphatic rings. The number of hydrogen-bond donors (Lipinski definition) is 1.